The molecular formula is C42H39F2N9O4S. The summed E-state index contributed by atoms with van der Waals surface area (Å²) in [4.78, 5) is 22.8. The van der Waals surface area contributed by atoms with Crippen LogP contribution in [0.25, 0.3) is 32.9 Å². The number of nitrogens with one attached hydrogen (secondary N) is 1. The van der Waals surface area contributed by atoms with E-state index in [4.69, 9.17) is 25.9 Å². The second kappa shape index (κ2) is 14.0. The molecule has 2 bridgehead atoms. The number of nitrogens with zero attached hydrogens (tertiary/aromatic N) is 8. The zero-order valence-electron chi connectivity index (χ0n) is 31.6. The van der Waals surface area contributed by atoms with E-state index in [0.717, 1.165) is 36.3 Å². The van der Waals surface area contributed by atoms with Crippen molar-refractivity contribution in [2.45, 2.75) is 67.6 Å². The molecule has 0 amide bonds. The van der Waals surface area contributed by atoms with Gasteiger partial charge in [0, 0.05) is 61.4 Å². The lowest BCUT2D eigenvalue weighted by molar-refractivity contribution is 0.107. The summed E-state index contributed by atoms with van der Waals surface area (Å²) in [7, 11) is -3.95. The van der Waals surface area contributed by atoms with Crippen LogP contribution in [0.4, 0.5) is 14.6 Å². The van der Waals surface area contributed by atoms with Crippen LogP contribution in [0, 0.1) is 30.9 Å². The molecule has 4 aliphatic heterocycles. The van der Waals surface area contributed by atoms with Crippen LogP contribution in [0.15, 0.2) is 72.0 Å². The van der Waals surface area contributed by atoms with E-state index in [9.17, 15) is 12.8 Å². The fourth-order valence-corrected chi connectivity index (χ4v) is 10.5. The lowest BCUT2D eigenvalue weighted by Gasteiger charge is -2.34. The van der Waals surface area contributed by atoms with Crippen LogP contribution in [-0.4, -0.2) is 99.0 Å². The van der Waals surface area contributed by atoms with Gasteiger partial charge in [0.15, 0.2) is 5.82 Å². The first kappa shape index (κ1) is 36.6. The molecular weight excluding hydrogens is 765 g/mol. The molecule has 6 aromatic rings. The van der Waals surface area contributed by atoms with Crippen LogP contribution >= 0.6 is 0 Å². The number of hydrogen-bond donors (Lipinski definition) is 1. The SMILES string of the molecule is C#Cc1c(F)ccc2cccc(-c3ncc4c(N5C[C@H]6CC[C@@H](C5)N6)nc(OC[C@@]56CCCN5C[C@@H](Oc5cccc(S(=O)(=O)n7cnc(C)n7)c5)C6)nc4c3F)c12. The fourth-order valence-electron chi connectivity index (χ4n) is 9.37. The fraction of sp³-hybridized carbons (Fsp3) is 0.357. The summed E-state index contributed by atoms with van der Waals surface area (Å²) in [5.74, 6) is 2.52. The Kier molecular flexibility index (Phi) is 8.80. The molecule has 3 aromatic heterocycles. The Hall–Kier alpha value is -5.76. The summed E-state index contributed by atoms with van der Waals surface area (Å²) in [6.07, 6.45) is 12.8. The number of rotatable bonds is 9. The Morgan fingerprint density at radius 3 is 2.66 bits per heavy atom. The van der Waals surface area contributed by atoms with E-state index in [0.29, 0.717) is 65.2 Å². The smallest absolute Gasteiger partial charge is 0.319 e. The molecule has 4 saturated heterocycles. The van der Waals surface area contributed by atoms with Crippen molar-refractivity contribution < 1.29 is 26.7 Å². The van der Waals surface area contributed by atoms with Gasteiger partial charge in [-0.1, -0.05) is 36.3 Å². The van der Waals surface area contributed by atoms with Crippen molar-refractivity contribution in [3.05, 3.63) is 90.1 Å². The molecule has 0 aliphatic carbocycles. The van der Waals surface area contributed by atoms with Gasteiger partial charge in [-0.3, -0.25) is 9.88 Å². The van der Waals surface area contributed by atoms with E-state index in [1.807, 2.05) is 0 Å². The minimum absolute atomic E-state index is 0.000739. The molecule has 296 valence electrons. The summed E-state index contributed by atoms with van der Waals surface area (Å²) in [6.45, 7) is 4.70. The standard InChI is InChI=1S/C42H39F2N9O4S/c1-3-32-35(43)14-11-26-7-4-10-33(36(26)32)38-37(44)39-34(19-45-38)40(51-20-27-12-13-28(21-51)47-27)49-41(48-39)56-23-42-15-6-16-52(42)22-30(18-42)57-29-8-5-9-31(17-29)58(54,55)53-24-46-25(2)50-53/h1,4-5,7-11,14,17,19,24,27-28,30,47H,6,12-13,15-16,18,20-23H2,2H3/t27-,28+,30-,42-/m0/s1. The number of anilines is 1. The molecule has 0 saturated carbocycles. The van der Waals surface area contributed by atoms with Gasteiger partial charge in [-0.05, 0) is 62.7 Å². The van der Waals surface area contributed by atoms with Crippen molar-refractivity contribution in [2.75, 3.05) is 37.7 Å². The maximum Gasteiger partial charge on any atom is 0.319 e. The highest BCUT2D eigenvalue weighted by molar-refractivity contribution is 7.89. The monoisotopic (exact) mass is 803 g/mol. The predicted octanol–water partition coefficient (Wildman–Crippen LogP) is 5.25. The lowest BCUT2D eigenvalue weighted by atomic mass is 9.94. The van der Waals surface area contributed by atoms with E-state index in [1.165, 1.54) is 24.5 Å². The van der Waals surface area contributed by atoms with Crippen LogP contribution in [0.1, 0.15) is 43.5 Å². The molecule has 1 N–H and O–H groups in total. The molecule has 4 atom stereocenters. The second-order valence-electron chi connectivity index (χ2n) is 15.7. The third-order valence-electron chi connectivity index (χ3n) is 12.0. The normalized spacial score (nSPS) is 23.1. The van der Waals surface area contributed by atoms with Crippen molar-refractivity contribution >= 4 is 37.5 Å². The molecule has 4 fully saturated rings. The first-order valence-corrected chi connectivity index (χ1v) is 20.9. The van der Waals surface area contributed by atoms with Gasteiger partial charge in [-0.25, -0.2) is 13.8 Å². The summed E-state index contributed by atoms with van der Waals surface area (Å²) in [5.41, 5.74) is 0.0506. The van der Waals surface area contributed by atoms with Crippen LogP contribution in [0.5, 0.6) is 11.8 Å². The Labute approximate surface area is 333 Å². The van der Waals surface area contributed by atoms with Crippen molar-refractivity contribution in [1.29, 1.82) is 0 Å². The van der Waals surface area contributed by atoms with E-state index in [2.05, 4.69) is 36.1 Å². The molecule has 0 spiro atoms. The highest BCUT2D eigenvalue weighted by Gasteiger charge is 2.50. The first-order valence-electron chi connectivity index (χ1n) is 19.4. The summed E-state index contributed by atoms with van der Waals surface area (Å²) < 4.78 is 72.3. The topological polar surface area (TPSA) is 140 Å². The van der Waals surface area contributed by atoms with Crippen molar-refractivity contribution in [2.24, 2.45) is 0 Å². The van der Waals surface area contributed by atoms with Crippen molar-refractivity contribution in [3.63, 3.8) is 0 Å². The quantitative estimate of drug-likeness (QED) is 0.191. The molecule has 3 aromatic carbocycles. The Bertz CT molecular complexity index is 2770. The minimum atomic E-state index is -3.95. The Morgan fingerprint density at radius 2 is 1.86 bits per heavy atom. The number of aryl methyl sites for hydroxylation is 1. The summed E-state index contributed by atoms with van der Waals surface area (Å²) in [5, 5.41) is 9.15. The highest BCUT2D eigenvalue weighted by Crippen LogP contribution is 2.42. The number of pyridine rings is 1. The largest absolute Gasteiger partial charge is 0.489 e. The van der Waals surface area contributed by atoms with Crippen LogP contribution < -0.4 is 19.7 Å². The molecule has 7 heterocycles. The van der Waals surface area contributed by atoms with E-state index in [-0.39, 0.29) is 52.5 Å². The summed E-state index contributed by atoms with van der Waals surface area (Å²) in [6, 6.07) is 15.2. The van der Waals surface area contributed by atoms with Gasteiger partial charge in [0.2, 0.25) is 0 Å². The third kappa shape index (κ3) is 6.19. The van der Waals surface area contributed by atoms with E-state index in [1.54, 1.807) is 49.5 Å². The maximum absolute atomic E-state index is 17.1. The third-order valence-corrected chi connectivity index (χ3v) is 13.6. The van der Waals surface area contributed by atoms with Crippen molar-refractivity contribution in [3.8, 4) is 35.4 Å². The predicted molar refractivity (Wildman–Crippen MR) is 212 cm³/mol. The number of hydrogen-bond acceptors (Lipinski definition) is 12. The van der Waals surface area contributed by atoms with Gasteiger partial charge >= 0.3 is 6.01 Å². The Balaban J connectivity index is 0.968. The number of halogens is 2. The molecule has 58 heavy (non-hydrogen) atoms. The Morgan fingerprint density at radius 1 is 1.03 bits per heavy atom. The van der Waals surface area contributed by atoms with Crippen LogP contribution in [0.3, 0.4) is 0 Å². The number of terminal acetylenes is 1. The number of fused-ring (bicyclic) bond motifs is 5. The molecule has 4 aliphatic rings. The number of piperazine rings is 1. The molecule has 10 rings (SSSR count). The average Bonchev–Trinajstić information content (AvgIpc) is 4.00. The van der Waals surface area contributed by atoms with Gasteiger partial charge in [-0.15, -0.1) is 15.6 Å². The second-order valence-corrected chi connectivity index (χ2v) is 17.5. The highest BCUT2D eigenvalue weighted by atomic mass is 32.2. The molecule has 16 heteroatoms. The van der Waals surface area contributed by atoms with Crippen LogP contribution in [0.2, 0.25) is 0 Å². The van der Waals surface area contributed by atoms with Gasteiger partial charge < -0.3 is 19.7 Å². The van der Waals surface area contributed by atoms with Crippen LogP contribution in [-0.2, 0) is 10.0 Å². The molecule has 0 radical (unpaired) electrons. The van der Waals surface area contributed by atoms with E-state index < -0.39 is 27.2 Å². The number of ether oxygens (including phenoxy) is 2. The van der Waals surface area contributed by atoms with Gasteiger partial charge in [0.25, 0.3) is 10.0 Å². The minimum Gasteiger partial charge on any atom is -0.489 e. The van der Waals surface area contributed by atoms with Gasteiger partial charge in [-0.2, -0.15) is 18.4 Å². The summed E-state index contributed by atoms with van der Waals surface area (Å²) >= 11 is 0. The molecule has 13 nitrogen and oxygen atoms in total. The first-order chi connectivity index (χ1) is 28.1. The van der Waals surface area contributed by atoms with Gasteiger partial charge in [0.1, 0.15) is 53.5 Å². The number of benzene rings is 3. The van der Waals surface area contributed by atoms with Crippen molar-refractivity contribution in [1.82, 2.24) is 39.3 Å². The molecule has 0 unspecified atom stereocenters. The maximum atomic E-state index is 17.1. The van der Waals surface area contributed by atoms with Gasteiger partial charge in [0.05, 0.1) is 21.4 Å². The number of aromatic nitrogens is 6. The zero-order valence-corrected chi connectivity index (χ0v) is 32.4. The average molecular weight is 804 g/mol. The lowest BCUT2D eigenvalue weighted by Crippen LogP contribution is -2.51. The zero-order chi connectivity index (χ0) is 39.8. The van der Waals surface area contributed by atoms with E-state index >= 15 is 4.39 Å².